The van der Waals surface area contributed by atoms with Crippen molar-refractivity contribution in [3.8, 4) is 0 Å². The van der Waals surface area contributed by atoms with E-state index in [0.717, 1.165) is 34.6 Å². The summed E-state index contributed by atoms with van der Waals surface area (Å²) in [7, 11) is 0. The maximum Gasteiger partial charge on any atom is 0.264 e. The number of carbonyl (C=O) groups is 1. The monoisotopic (exact) mass is 399 g/mol. The Balaban J connectivity index is 1.74. The molecule has 2 heterocycles. The van der Waals surface area contributed by atoms with Crippen LogP contribution in [-0.4, -0.2) is 26.9 Å². The van der Waals surface area contributed by atoms with E-state index in [4.69, 9.17) is 16.6 Å². The third-order valence-corrected chi connectivity index (χ3v) is 6.21. The highest BCUT2D eigenvalue weighted by Crippen LogP contribution is 2.35. The van der Waals surface area contributed by atoms with Crippen LogP contribution in [0.25, 0.3) is 11.0 Å². The molecule has 27 heavy (non-hydrogen) atoms. The van der Waals surface area contributed by atoms with E-state index in [2.05, 4.69) is 11.1 Å². The van der Waals surface area contributed by atoms with Gasteiger partial charge in [0, 0.05) is 17.6 Å². The van der Waals surface area contributed by atoms with Crippen LogP contribution in [-0.2, 0) is 6.54 Å². The van der Waals surface area contributed by atoms with Gasteiger partial charge >= 0.3 is 0 Å². The molecule has 1 aliphatic rings. The van der Waals surface area contributed by atoms with Crippen LogP contribution < -0.4 is 0 Å². The van der Waals surface area contributed by atoms with Crippen molar-refractivity contribution in [2.75, 3.05) is 6.54 Å². The molecule has 0 atom stereocenters. The third-order valence-electron chi connectivity index (χ3n) is 5.12. The zero-order valence-electron chi connectivity index (χ0n) is 15.1. The lowest BCUT2D eigenvalue weighted by Crippen LogP contribution is -2.31. The van der Waals surface area contributed by atoms with Gasteiger partial charge in [0.15, 0.2) is 0 Å². The van der Waals surface area contributed by atoms with Crippen LogP contribution in [0.4, 0.5) is 0 Å². The number of nitrogens with zero attached hydrogens (tertiary/aromatic N) is 3. The van der Waals surface area contributed by atoms with E-state index in [-0.39, 0.29) is 5.91 Å². The fraction of sp³-hybridized carbons (Fsp3) is 0.333. The summed E-state index contributed by atoms with van der Waals surface area (Å²) in [6.07, 6.45) is 6.52. The highest BCUT2D eigenvalue weighted by molar-refractivity contribution is 7.12. The van der Waals surface area contributed by atoms with Gasteiger partial charge in [0.05, 0.1) is 22.5 Å². The smallest absolute Gasteiger partial charge is 0.264 e. The molecule has 0 aliphatic heterocycles. The minimum Gasteiger partial charge on any atom is -0.327 e. The van der Waals surface area contributed by atoms with Crippen molar-refractivity contribution < 1.29 is 4.79 Å². The Morgan fingerprint density at radius 3 is 2.89 bits per heavy atom. The molecule has 3 aromatic rings. The Kier molecular flexibility index (Phi) is 5.32. The number of imidazole rings is 1. The summed E-state index contributed by atoms with van der Waals surface area (Å²) >= 11 is 7.72. The first kappa shape index (κ1) is 18.3. The molecule has 1 saturated carbocycles. The lowest BCUT2D eigenvalue weighted by atomic mass is 10.2. The van der Waals surface area contributed by atoms with Gasteiger partial charge in [0.25, 0.3) is 5.91 Å². The van der Waals surface area contributed by atoms with Crippen LogP contribution in [0.2, 0.25) is 5.02 Å². The molecular formula is C21H22ClN3OS. The van der Waals surface area contributed by atoms with E-state index in [1.807, 2.05) is 40.6 Å². The fourth-order valence-electron chi connectivity index (χ4n) is 3.90. The van der Waals surface area contributed by atoms with Crippen molar-refractivity contribution in [3.05, 3.63) is 64.1 Å². The molecule has 4 nitrogen and oxygen atoms in total. The van der Waals surface area contributed by atoms with E-state index in [0.29, 0.717) is 24.2 Å². The number of benzene rings is 1. The predicted molar refractivity (Wildman–Crippen MR) is 112 cm³/mol. The molecule has 140 valence electrons. The first-order valence-corrected chi connectivity index (χ1v) is 10.5. The van der Waals surface area contributed by atoms with Gasteiger partial charge < -0.3 is 9.47 Å². The Bertz CT molecular complexity index is 957. The lowest BCUT2D eigenvalue weighted by Gasteiger charge is -2.23. The number of carbonyl (C=O) groups excluding carboxylic acids is 1. The Labute approximate surface area is 168 Å². The average molecular weight is 400 g/mol. The highest BCUT2D eigenvalue weighted by Gasteiger charge is 2.25. The van der Waals surface area contributed by atoms with Gasteiger partial charge in [-0.15, -0.1) is 17.9 Å². The standard InChI is InChI=1S/C21H22ClN3OS/c1-2-11-24(21(26)19-8-5-12-27-19)14-20-23-17-10-9-15(22)13-18(17)25(20)16-6-3-4-7-16/h2,5,8-10,12-13,16H,1,3-4,6-7,11,14H2. The second-order valence-electron chi connectivity index (χ2n) is 6.92. The third kappa shape index (κ3) is 3.66. The number of thiophene rings is 1. The minimum atomic E-state index is 0.0213. The first-order chi connectivity index (χ1) is 13.2. The number of amides is 1. The van der Waals surface area contributed by atoms with Gasteiger partial charge in [-0.25, -0.2) is 4.98 Å². The van der Waals surface area contributed by atoms with Crippen LogP contribution in [0.3, 0.4) is 0 Å². The van der Waals surface area contributed by atoms with Crippen molar-refractivity contribution in [2.45, 2.75) is 38.3 Å². The summed E-state index contributed by atoms with van der Waals surface area (Å²) in [6.45, 7) is 4.78. The average Bonchev–Trinajstić information content (AvgIpc) is 3.40. The molecule has 2 aromatic heterocycles. The van der Waals surface area contributed by atoms with E-state index in [1.165, 1.54) is 24.2 Å². The summed E-state index contributed by atoms with van der Waals surface area (Å²) < 4.78 is 2.31. The maximum absolute atomic E-state index is 12.9. The van der Waals surface area contributed by atoms with Crippen molar-refractivity contribution >= 4 is 39.9 Å². The molecule has 0 spiro atoms. The van der Waals surface area contributed by atoms with Gasteiger partial charge in [-0.3, -0.25) is 4.79 Å². The predicted octanol–water partition coefficient (Wildman–Crippen LogP) is 5.69. The van der Waals surface area contributed by atoms with Crippen molar-refractivity contribution in [2.24, 2.45) is 0 Å². The van der Waals surface area contributed by atoms with Crippen LogP contribution >= 0.6 is 22.9 Å². The SMILES string of the molecule is C=CCN(Cc1nc2ccc(Cl)cc2n1C1CCCC1)C(=O)c1cccs1. The molecule has 4 rings (SSSR count). The topological polar surface area (TPSA) is 38.1 Å². The zero-order chi connectivity index (χ0) is 18.8. The van der Waals surface area contributed by atoms with Gasteiger partial charge in [-0.1, -0.05) is 36.6 Å². The number of halogens is 1. The molecule has 1 aliphatic carbocycles. The summed E-state index contributed by atoms with van der Waals surface area (Å²) in [5.41, 5.74) is 2.00. The second-order valence-corrected chi connectivity index (χ2v) is 8.31. The van der Waals surface area contributed by atoms with Crippen molar-refractivity contribution in [1.29, 1.82) is 0 Å². The minimum absolute atomic E-state index is 0.0213. The molecule has 0 saturated heterocycles. The normalized spacial score (nSPS) is 14.7. The van der Waals surface area contributed by atoms with Gasteiger partial charge in [0.1, 0.15) is 5.82 Å². The molecule has 0 radical (unpaired) electrons. The first-order valence-electron chi connectivity index (χ1n) is 9.27. The van der Waals surface area contributed by atoms with E-state index in [9.17, 15) is 4.79 Å². The Morgan fingerprint density at radius 2 is 2.19 bits per heavy atom. The molecule has 0 N–H and O–H groups in total. The second kappa shape index (κ2) is 7.87. The summed E-state index contributed by atoms with van der Waals surface area (Å²) in [6, 6.07) is 10.0. The number of hydrogen-bond acceptors (Lipinski definition) is 3. The molecular weight excluding hydrogens is 378 g/mol. The van der Waals surface area contributed by atoms with Crippen LogP contribution in [0.5, 0.6) is 0 Å². The van der Waals surface area contributed by atoms with Crippen molar-refractivity contribution in [3.63, 3.8) is 0 Å². The van der Waals surface area contributed by atoms with Gasteiger partial charge in [0.2, 0.25) is 0 Å². The van der Waals surface area contributed by atoms with Gasteiger partial charge in [-0.05, 0) is 42.5 Å². The number of rotatable bonds is 6. The zero-order valence-corrected chi connectivity index (χ0v) is 16.7. The Hall–Kier alpha value is -2.11. The van der Waals surface area contributed by atoms with Crippen LogP contribution in [0.15, 0.2) is 48.4 Å². The van der Waals surface area contributed by atoms with E-state index >= 15 is 0 Å². The lowest BCUT2D eigenvalue weighted by molar-refractivity contribution is 0.0761. The quantitative estimate of drug-likeness (QED) is 0.499. The maximum atomic E-state index is 12.9. The number of hydrogen-bond donors (Lipinski definition) is 0. The highest BCUT2D eigenvalue weighted by atomic mass is 35.5. The summed E-state index contributed by atoms with van der Waals surface area (Å²) in [5, 5.41) is 2.64. The molecule has 1 fully saturated rings. The Morgan fingerprint density at radius 1 is 1.37 bits per heavy atom. The molecule has 6 heteroatoms. The number of aromatic nitrogens is 2. The molecule has 0 bridgehead atoms. The molecule has 1 aromatic carbocycles. The fourth-order valence-corrected chi connectivity index (χ4v) is 4.76. The van der Waals surface area contributed by atoms with E-state index in [1.54, 1.807) is 6.08 Å². The van der Waals surface area contributed by atoms with Crippen LogP contribution in [0, 0.1) is 0 Å². The number of fused-ring (bicyclic) bond motifs is 1. The largest absolute Gasteiger partial charge is 0.327 e. The van der Waals surface area contributed by atoms with Crippen LogP contribution in [0.1, 0.15) is 47.2 Å². The van der Waals surface area contributed by atoms with Gasteiger partial charge in [-0.2, -0.15) is 0 Å². The molecule has 0 unspecified atom stereocenters. The summed E-state index contributed by atoms with van der Waals surface area (Å²) in [5.74, 6) is 0.943. The van der Waals surface area contributed by atoms with E-state index < -0.39 is 0 Å². The summed E-state index contributed by atoms with van der Waals surface area (Å²) in [4.78, 5) is 20.3. The molecule has 1 amide bonds. The van der Waals surface area contributed by atoms with Crippen molar-refractivity contribution in [1.82, 2.24) is 14.5 Å².